The molecule has 1 aliphatic rings. The Morgan fingerprint density at radius 1 is 1.27 bits per heavy atom. The van der Waals surface area contributed by atoms with Gasteiger partial charge < -0.3 is 16.0 Å². The van der Waals surface area contributed by atoms with E-state index in [0.29, 0.717) is 34.9 Å². The Morgan fingerprint density at radius 2 is 2.00 bits per heavy atom. The molecule has 1 fully saturated rings. The number of nitrogens with one attached hydrogen (secondary N) is 1. The van der Waals surface area contributed by atoms with Gasteiger partial charge in [-0.05, 0) is 49.6 Å². The van der Waals surface area contributed by atoms with E-state index in [1.54, 1.807) is 29.2 Å². The minimum atomic E-state index is -0.571. The van der Waals surface area contributed by atoms with Crippen molar-refractivity contribution in [3.63, 3.8) is 0 Å². The van der Waals surface area contributed by atoms with Gasteiger partial charge in [-0.1, -0.05) is 29.8 Å². The molecule has 3 rings (SSSR count). The number of piperidine rings is 1. The first-order valence-corrected chi connectivity index (χ1v) is 8.58. The molecule has 1 aliphatic heterocycles. The van der Waals surface area contributed by atoms with Crippen molar-refractivity contribution in [3.05, 3.63) is 58.6 Å². The monoisotopic (exact) mass is 393 g/mol. The molecule has 0 bridgehead atoms. The number of halogens is 2. The maximum atomic E-state index is 12.8. The molecule has 1 saturated heterocycles. The molecule has 3 N–H and O–H groups in total. The number of nitrogens with two attached hydrogens (primary N) is 1. The van der Waals surface area contributed by atoms with Gasteiger partial charge in [0.2, 0.25) is 5.91 Å². The fraction of sp³-hybridized carbons (Fsp3) is 0.263. The summed E-state index contributed by atoms with van der Waals surface area (Å²) in [6.45, 7) is 2.43. The highest BCUT2D eigenvalue weighted by Gasteiger charge is 2.32. The van der Waals surface area contributed by atoms with Crippen molar-refractivity contribution in [2.75, 3.05) is 17.2 Å². The topological polar surface area (TPSA) is 75.4 Å². The van der Waals surface area contributed by atoms with E-state index in [-0.39, 0.29) is 24.2 Å². The lowest BCUT2D eigenvalue weighted by Crippen LogP contribution is -2.52. The number of nitrogen functional groups attached to an aromatic ring is 1. The third kappa shape index (κ3) is 4.11. The van der Waals surface area contributed by atoms with Crippen LogP contribution in [0.4, 0.5) is 11.4 Å². The maximum Gasteiger partial charge on any atom is 0.252 e. The van der Waals surface area contributed by atoms with Crippen LogP contribution < -0.4 is 16.0 Å². The fourth-order valence-corrected chi connectivity index (χ4v) is 3.28. The third-order valence-corrected chi connectivity index (χ3v) is 4.71. The molecule has 1 atom stereocenters. The summed E-state index contributed by atoms with van der Waals surface area (Å²) in [5.41, 5.74) is 8.27. The maximum absolute atomic E-state index is 12.8. The number of anilines is 2. The lowest BCUT2D eigenvalue weighted by molar-refractivity contribution is -0.121. The predicted octanol–water partition coefficient (Wildman–Crippen LogP) is 3.58. The van der Waals surface area contributed by atoms with Gasteiger partial charge >= 0.3 is 0 Å². The molecule has 1 heterocycles. The molecule has 2 amide bonds. The van der Waals surface area contributed by atoms with Gasteiger partial charge in [-0.3, -0.25) is 9.59 Å². The Hall–Kier alpha value is -2.24. The molecule has 0 radical (unpaired) electrons. The summed E-state index contributed by atoms with van der Waals surface area (Å²) >= 11 is 6.22. The predicted molar refractivity (Wildman–Crippen MR) is 107 cm³/mol. The normalized spacial score (nSPS) is 16.8. The van der Waals surface area contributed by atoms with Crippen LogP contribution in [0.1, 0.15) is 28.8 Å². The summed E-state index contributed by atoms with van der Waals surface area (Å²) in [6, 6.07) is 11.8. The third-order valence-electron chi connectivity index (χ3n) is 4.39. The van der Waals surface area contributed by atoms with Crippen molar-refractivity contribution in [1.82, 2.24) is 5.32 Å². The zero-order chi connectivity index (χ0) is 18.0. The number of benzene rings is 2. The summed E-state index contributed by atoms with van der Waals surface area (Å²) in [4.78, 5) is 27.0. The largest absolute Gasteiger partial charge is 0.399 e. The molecule has 2 aromatic carbocycles. The summed E-state index contributed by atoms with van der Waals surface area (Å²) in [5.74, 6) is -0.432. The van der Waals surface area contributed by atoms with Crippen LogP contribution in [0.15, 0.2) is 42.5 Å². The van der Waals surface area contributed by atoms with Gasteiger partial charge in [-0.25, -0.2) is 0 Å². The Morgan fingerprint density at radius 3 is 2.73 bits per heavy atom. The Balaban J connectivity index is 0.00000243. The summed E-state index contributed by atoms with van der Waals surface area (Å²) in [6.07, 6.45) is 1.39. The summed E-state index contributed by atoms with van der Waals surface area (Å²) in [5, 5.41) is 3.37. The lowest BCUT2D eigenvalue weighted by Gasteiger charge is -2.33. The van der Waals surface area contributed by atoms with Crippen molar-refractivity contribution in [2.24, 2.45) is 0 Å². The zero-order valence-electron chi connectivity index (χ0n) is 14.4. The van der Waals surface area contributed by atoms with Crippen LogP contribution in [-0.2, 0) is 4.79 Å². The molecule has 7 heteroatoms. The Kier molecular flexibility index (Phi) is 6.51. The molecule has 138 valence electrons. The van der Waals surface area contributed by atoms with Gasteiger partial charge in [0.15, 0.2) is 0 Å². The molecule has 26 heavy (non-hydrogen) atoms. The van der Waals surface area contributed by atoms with E-state index in [2.05, 4.69) is 5.32 Å². The van der Waals surface area contributed by atoms with E-state index >= 15 is 0 Å². The van der Waals surface area contributed by atoms with Crippen molar-refractivity contribution in [1.29, 1.82) is 0 Å². The highest BCUT2D eigenvalue weighted by Crippen LogP contribution is 2.28. The van der Waals surface area contributed by atoms with Crippen LogP contribution in [0.5, 0.6) is 0 Å². The van der Waals surface area contributed by atoms with Gasteiger partial charge in [-0.2, -0.15) is 0 Å². The molecular formula is C19H21Cl2N3O2. The second-order valence-electron chi connectivity index (χ2n) is 6.18. The number of para-hydroxylation sites is 1. The van der Waals surface area contributed by atoms with Gasteiger partial charge in [0.05, 0.1) is 10.7 Å². The number of carbonyl (C=O) groups excluding carboxylic acids is 2. The number of rotatable bonds is 3. The molecule has 0 spiro atoms. The average molecular weight is 394 g/mol. The van der Waals surface area contributed by atoms with E-state index in [1.807, 2.05) is 25.1 Å². The number of nitrogens with zero attached hydrogens (tertiary/aromatic N) is 1. The number of hydrogen-bond acceptors (Lipinski definition) is 3. The fourth-order valence-electron chi connectivity index (χ4n) is 3.04. The Bertz CT molecular complexity index is 826. The second kappa shape index (κ2) is 8.43. The quantitative estimate of drug-likeness (QED) is 0.782. The highest BCUT2D eigenvalue weighted by atomic mass is 35.5. The molecular weight excluding hydrogens is 373 g/mol. The number of hydrogen-bond donors (Lipinski definition) is 2. The van der Waals surface area contributed by atoms with Gasteiger partial charge in [0, 0.05) is 17.8 Å². The second-order valence-corrected chi connectivity index (χ2v) is 6.59. The average Bonchev–Trinajstić information content (AvgIpc) is 2.59. The van der Waals surface area contributed by atoms with Crippen molar-refractivity contribution in [3.8, 4) is 0 Å². The van der Waals surface area contributed by atoms with Crippen LogP contribution >= 0.6 is 24.0 Å². The highest BCUT2D eigenvalue weighted by molar-refractivity contribution is 6.33. The minimum absolute atomic E-state index is 0. The molecule has 0 aliphatic carbocycles. The van der Waals surface area contributed by atoms with Crippen LogP contribution in [-0.4, -0.2) is 24.4 Å². The van der Waals surface area contributed by atoms with Crippen molar-refractivity contribution in [2.45, 2.75) is 25.8 Å². The van der Waals surface area contributed by atoms with Crippen LogP contribution in [0.25, 0.3) is 0 Å². The van der Waals surface area contributed by atoms with Crippen molar-refractivity contribution < 1.29 is 9.59 Å². The SMILES string of the molecule is Cc1ccc(N)cc1C(=O)NC1CCCN(c2ccccc2Cl)C1=O.Cl. The molecule has 5 nitrogen and oxygen atoms in total. The molecule has 1 unspecified atom stereocenters. The van der Waals surface area contributed by atoms with Crippen LogP contribution in [0.2, 0.25) is 5.02 Å². The van der Waals surface area contributed by atoms with Crippen molar-refractivity contribution >= 4 is 47.2 Å². The van der Waals surface area contributed by atoms with E-state index in [0.717, 1.165) is 12.0 Å². The van der Waals surface area contributed by atoms with Gasteiger partial charge in [-0.15, -0.1) is 12.4 Å². The minimum Gasteiger partial charge on any atom is -0.399 e. The smallest absolute Gasteiger partial charge is 0.252 e. The Labute approximate surface area is 163 Å². The first-order chi connectivity index (χ1) is 12.0. The number of amides is 2. The zero-order valence-corrected chi connectivity index (χ0v) is 15.9. The van der Waals surface area contributed by atoms with Gasteiger partial charge in [0.25, 0.3) is 5.91 Å². The van der Waals surface area contributed by atoms with Gasteiger partial charge in [0.1, 0.15) is 6.04 Å². The first kappa shape index (κ1) is 20.1. The lowest BCUT2D eigenvalue weighted by atomic mass is 10.0. The standard InChI is InChI=1S/C19H20ClN3O2.ClH/c1-12-8-9-13(21)11-14(12)18(24)22-16-6-4-10-23(19(16)25)17-7-3-2-5-15(17)20;/h2-3,5,7-9,11,16H,4,6,10,21H2,1H3,(H,22,24);1H. The number of carbonyl (C=O) groups is 2. The van der Waals surface area contributed by atoms with E-state index in [1.165, 1.54) is 0 Å². The first-order valence-electron chi connectivity index (χ1n) is 8.20. The van der Waals surface area contributed by atoms with E-state index in [4.69, 9.17) is 17.3 Å². The van der Waals surface area contributed by atoms with Crippen LogP contribution in [0.3, 0.4) is 0 Å². The van der Waals surface area contributed by atoms with Crippen LogP contribution in [0, 0.1) is 6.92 Å². The number of aryl methyl sites for hydroxylation is 1. The summed E-state index contributed by atoms with van der Waals surface area (Å²) in [7, 11) is 0. The molecule has 2 aromatic rings. The van der Waals surface area contributed by atoms with E-state index < -0.39 is 6.04 Å². The summed E-state index contributed by atoms with van der Waals surface area (Å²) < 4.78 is 0. The molecule has 0 saturated carbocycles. The molecule has 0 aromatic heterocycles. The van der Waals surface area contributed by atoms with E-state index in [9.17, 15) is 9.59 Å².